The number of ether oxygens (including phenoxy) is 1. The molecular weight excluding hydrogens is 509 g/mol. The van der Waals surface area contributed by atoms with Crippen molar-refractivity contribution in [2.45, 2.75) is 19.6 Å². The van der Waals surface area contributed by atoms with E-state index < -0.39 is 35.4 Å². The molecule has 0 saturated carbocycles. The zero-order valence-corrected chi connectivity index (χ0v) is 19.6. The maximum absolute atomic E-state index is 13.4. The summed E-state index contributed by atoms with van der Waals surface area (Å²) in [5.41, 5.74) is 0.498. The van der Waals surface area contributed by atoms with Gasteiger partial charge in [0.1, 0.15) is 12.1 Å². The van der Waals surface area contributed by atoms with Crippen LogP contribution in [-0.2, 0) is 27.0 Å². The quantitative estimate of drug-likeness (QED) is 0.339. The van der Waals surface area contributed by atoms with E-state index in [0.29, 0.717) is 28.4 Å². The summed E-state index contributed by atoms with van der Waals surface area (Å²) in [5, 5.41) is 7.35. The van der Waals surface area contributed by atoms with E-state index in [2.05, 4.69) is 10.3 Å². The molecule has 0 atom stereocenters. The number of carbonyl (C=O) groups is 3. The van der Waals surface area contributed by atoms with E-state index in [1.165, 1.54) is 22.9 Å². The van der Waals surface area contributed by atoms with Gasteiger partial charge in [0, 0.05) is 5.02 Å². The predicted molar refractivity (Wildman–Crippen MR) is 122 cm³/mol. The van der Waals surface area contributed by atoms with Crippen molar-refractivity contribution in [3.8, 4) is 0 Å². The standard InChI is InChI=1S/C22H16ClF3N4O4S/c1-2-34-19(31)11-29-20(32)18(35-21(29)33)8-12-3-6-17-16(7-12)27-28-30(17)10-13-4-5-14(23)9-15(13)22(24,25)26/h3-9H,2,10-11H2,1H3. The highest BCUT2D eigenvalue weighted by Gasteiger charge is 2.37. The lowest BCUT2D eigenvalue weighted by Gasteiger charge is -2.13. The first kappa shape index (κ1) is 24.7. The van der Waals surface area contributed by atoms with Crippen LogP contribution < -0.4 is 0 Å². The van der Waals surface area contributed by atoms with Gasteiger partial charge in [-0.25, -0.2) is 4.68 Å². The van der Waals surface area contributed by atoms with Gasteiger partial charge >= 0.3 is 12.1 Å². The monoisotopic (exact) mass is 524 g/mol. The molecule has 3 aromatic rings. The van der Waals surface area contributed by atoms with Gasteiger partial charge < -0.3 is 4.74 Å². The molecule has 4 rings (SSSR count). The summed E-state index contributed by atoms with van der Waals surface area (Å²) in [7, 11) is 0. The van der Waals surface area contributed by atoms with Crippen LogP contribution >= 0.6 is 23.4 Å². The average Bonchev–Trinajstić information content (AvgIpc) is 3.30. The SMILES string of the molecule is CCOC(=O)CN1C(=O)SC(=Cc2ccc3c(c2)nnn3Cc2ccc(Cl)cc2C(F)(F)F)C1=O. The molecule has 1 saturated heterocycles. The largest absolute Gasteiger partial charge is 0.465 e. The number of esters is 1. The highest BCUT2D eigenvalue weighted by Crippen LogP contribution is 2.35. The molecule has 2 heterocycles. The van der Waals surface area contributed by atoms with Crippen LogP contribution in [0.5, 0.6) is 0 Å². The Kier molecular flexibility index (Phi) is 6.86. The third kappa shape index (κ3) is 5.33. The molecule has 0 radical (unpaired) electrons. The molecule has 2 aromatic carbocycles. The van der Waals surface area contributed by atoms with E-state index in [0.717, 1.165) is 11.0 Å². The number of hydrogen-bond donors (Lipinski definition) is 0. The second kappa shape index (κ2) is 9.70. The molecule has 1 aliphatic rings. The number of benzene rings is 2. The molecule has 8 nitrogen and oxygen atoms in total. The Morgan fingerprint density at radius 2 is 1.97 bits per heavy atom. The second-order valence-electron chi connectivity index (χ2n) is 7.37. The lowest BCUT2D eigenvalue weighted by atomic mass is 10.1. The molecule has 13 heteroatoms. The van der Waals surface area contributed by atoms with E-state index in [1.54, 1.807) is 25.1 Å². The first-order valence-corrected chi connectivity index (χ1v) is 11.4. The van der Waals surface area contributed by atoms with Crippen molar-refractivity contribution in [1.82, 2.24) is 19.9 Å². The third-order valence-electron chi connectivity index (χ3n) is 5.00. The van der Waals surface area contributed by atoms with Gasteiger partial charge in [-0.3, -0.25) is 19.3 Å². The lowest BCUT2D eigenvalue weighted by molar-refractivity contribution is -0.146. The number of fused-ring (bicyclic) bond motifs is 1. The Morgan fingerprint density at radius 3 is 2.69 bits per heavy atom. The molecule has 2 amide bonds. The van der Waals surface area contributed by atoms with Gasteiger partial charge in [0.25, 0.3) is 11.1 Å². The molecule has 0 N–H and O–H groups in total. The fraction of sp³-hybridized carbons (Fsp3) is 0.227. The van der Waals surface area contributed by atoms with Crippen LogP contribution in [0.1, 0.15) is 23.6 Å². The molecule has 0 unspecified atom stereocenters. The van der Waals surface area contributed by atoms with E-state index in [1.807, 2.05) is 0 Å². The van der Waals surface area contributed by atoms with Crippen LogP contribution in [0.25, 0.3) is 17.1 Å². The number of amides is 2. The predicted octanol–water partition coefficient (Wildman–Crippen LogP) is 4.75. The van der Waals surface area contributed by atoms with Crippen molar-refractivity contribution in [3.63, 3.8) is 0 Å². The third-order valence-corrected chi connectivity index (χ3v) is 6.14. The maximum atomic E-state index is 13.4. The molecule has 182 valence electrons. The van der Waals surface area contributed by atoms with Crippen molar-refractivity contribution < 1.29 is 32.3 Å². The number of aromatic nitrogens is 3. The molecule has 0 bridgehead atoms. The van der Waals surface area contributed by atoms with Crippen LogP contribution in [0.2, 0.25) is 5.02 Å². The van der Waals surface area contributed by atoms with Crippen LogP contribution in [0.3, 0.4) is 0 Å². The summed E-state index contributed by atoms with van der Waals surface area (Å²) >= 11 is 6.43. The zero-order valence-electron chi connectivity index (χ0n) is 18.0. The van der Waals surface area contributed by atoms with Crippen molar-refractivity contribution >= 4 is 57.6 Å². The molecule has 1 fully saturated rings. The summed E-state index contributed by atoms with van der Waals surface area (Å²) in [4.78, 5) is 37.2. The van der Waals surface area contributed by atoms with Crippen LogP contribution in [0.4, 0.5) is 18.0 Å². The van der Waals surface area contributed by atoms with Crippen molar-refractivity contribution in [2.24, 2.45) is 0 Å². The number of alkyl halides is 3. The minimum Gasteiger partial charge on any atom is -0.465 e. The first-order valence-electron chi connectivity index (χ1n) is 10.2. The number of halogens is 4. The Labute approximate surface area is 205 Å². The number of imide groups is 1. The first-order chi connectivity index (χ1) is 16.6. The Hall–Kier alpha value is -3.38. The fourth-order valence-corrected chi connectivity index (χ4v) is 4.44. The molecule has 0 spiro atoms. The van der Waals surface area contributed by atoms with Crippen molar-refractivity contribution in [2.75, 3.05) is 13.2 Å². The van der Waals surface area contributed by atoms with Gasteiger partial charge in [-0.05, 0) is 60.2 Å². The van der Waals surface area contributed by atoms with E-state index in [4.69, 9.17) is 16.3 Å². The van der Waals surface area contributed by atoms with E-state index >= 15 is 0 Å². The highest BCUT2D eigenvalue weighted by molar-refractivity contribution is 8.18. The zero-order chi connectivity index (χ0) is 25.3. The van der Waals surface area contributed by atoms with Gasteiger partial charge in [-0.15, -0.1) is 5.10 Å². The summed E-state index contributed by atoms with van der Waals surface area (Å²) in [6.07, 6.45) is -3.12. The smallest absolute Gasteiger partial charge is 0.416 e. The van der Waals surface area contributed by atoms with Gasteiger partial charge in [0.05, 0.1) is 29.1 Å². The number of hydrogen-bond acceptors (Lipinski definition) is 7. The Morgan fingerprint density at radius 1 is 1.20 bits per heavy atom. The van der Waals surface area contributed by atoms with Crippen LogP contribution in [0.15, 0.2) is 41.3 Å². The van der Waals surface area contributed by atoms with Gasteiger partial charge in [-0.2, -0.15) is 13.2 Å². The number of carbonyl (C=O) groups excluding carboxylic acids is 3. The molecule has 1 aliphatic heterocycles. The van der Waals surface area contributed by atoms with Gasteiger partial charge in [0.15, 0.2) is 0 Å². The van der Waals surface area contributed by atoms with Crippen LogP contribution in [-0.4, -0.2) is 50.2 Å². The molecule has 0 aliphatic carbocycles. The maximum Gasteiger partial charge on any atom is 0.416 e. The Balaban J connectivity index is 1.58. The highest BCUT2D eigenvalue weighted by atomic mass is 35.5. The summed E-state index contributed by atoms with van der Waals surface area (Å²) < 4.78 is 46.4. The van der Waals surface area contributed by atoms with Crippen molar-refractivity contribution in [1.29, 1.82) is 0 Å². The topological polar surface area (TPSA) is 94.4 Å². The van der Waals surface area contributed by atoms with Gasteiger partial charge in [-0.1, -0.05) is 28.9 Å². The summed E-state index contributed by atoms with van der Waals surface area (Å²) in [5.74, 6) is -1.32. The molecule has 1 aromatic heterocycles. The fourth-order valence-electron chi connectivity index (χ4n) is 3.43. The molecule has 35 heavy (non-hydrogen) atoms. The van der Waals surface area contributed by atoms with Gasteiger partial charge in [0.2, 0.25) is 0 Å². The average molecular weight is 525 g/mol. The number of nitrogens with zero attached hydrogens (tertiary/aromatic N) is 4. The molecular formula is C22H16ClF3N4O4S. The second-order valence-corrected chi connectivity index (χ2v) is 8.80. The summed E-state index contributed by atoms with van der Waals surface area (Å²) in [6.45, 7) is 1.08. The van der Waals surface area contributed by atoms with Crippen LogP contribution in [0, 0.1) is 0 Å². The van der Waals surface area contributed by atoms with E-state index in [9.17, 15) is 27.6 Å². The normalized spacial score (nSPS) is 15.5. The lowest BCUT2D eigenvalue weighted by Crippen LogP contribution is -2.34. The minimum atomic E-state index is -4.58. The van der Waals surface area contributed by atoms with E-state index in [-0.39, 0.29) is 28.6 Å². The summed E-state index contributed by atoms with van der Waals surface area (Å²) in [6, 6.07) is 8.34. The minimum absolute atomic E-state index is 0.0203. The number of rotatable bonds is 6. The number of thioether (sulfide) groups is 1. The van der Waals surface area contributed by atoms with Crippen molar-refractivity contribution in [3.05, 3.63) is 63.0 Å². The Bertz CT molecular complexity index is 1370.